The number of benzene rings is 1. The molecule has 0 bridgehead atoms. The molecule has 1 aromatic carbocycles. The normalized spacial score (nSPS) is 16.7. The van der Waals surface area contributed by atoms with Crippen LogP contribution in [0.3, 0.4) is 0 Å². The van der Waals surface area contributed by atoms with E-state index >= 15 is 0 Å². The van der Waals surface area contributed by atoms with Crippen molar-refractivity contribution < 1.29 is 9.47 Å². The predicted octanol–water partition coefficient (Wildman–Crippen LogP) is 2.89. The average Bonchev–Trinajstić information content (AvgIpc) is 2.65. The zero-order valence-corrected chi connectivity index (χ0v) is 18.5. The van der Waals surface area contributed by atoms with Gasteiger partial charge in [0.2, 0.25) is 0 Å². The summed E-state index contributed by atoms with van der Waals surface area (Å²) in [5.74, 6) is 2.82. The molecule has 0 aliphatic carbocycles. The van der Waals surface area contributed by atoms with Gasteiger partial charge in [-0.15, -0.1) is 24.0 Å². The summed E-state index contributed by atoms with van der Waals surface area (Å²) in [6, 6.07) is 8.43. The van der Waals surface area contributed by atoms with Crippen LogP contribution >= 0.6 is 35.7 Å². The Balaban J connectivity index is 0.00000312. The van der Waals surface area contributed by atoms with E-state index in [1.165, 1.54) is 5.56 Å². The van der Waals surface area contributed by atoms with Gasteiger partial charge in [-0.25, -0.2) is 0 Å². The van der Waals surface area contributed by atoms with E-state index in [1.54, 1.807) is 7.11 Å². The molecule has 7 heteroatoms. The third-order valence-electron chi connectivity index (χ3n) is 4.57. The van der Waals surface area contributed by atoms with Gasteiger partial charge >= 0.3 is 0 Å². The monoisotopic (exact) mass is 479 g/mol. The van der Waals surface area contributed by atoms with Crippen molar-refractivity contribution in [2.45, 2.75) is 18.3 Å². The van der Waals surface area contributed by atoms with Gasteiger partial charge in [0.25, 0.3) is 0 Å². The Kier molecular flexibility index (Phi) is 10.6. The van der Waals surface area contributed by atoms with Crippen LogP contribution in [0.5, 0.6) is 5.75 Å². The molecule has 1 aliphatic heterocycles. The van der Waals surface area contributed by atoms with Crippen LogP contribution in [0.4, 0.5) is 0 Å². The number of methoxy groups -OCH3 is 1. The highest BCUT2D eigenvalue weighted by atomic mass is 127. The van der Waals surface area contributed by atoms with Gasteiger partial charge in [0.1, 0.15) is 5.75 Å². The van der Waals surface area contributed by atoms with E-state index in [2.05, 4.69) is 34.0 Å². The number of nitrogens with one attached hydrogen (secondary N) is 2. The second-order valence-electron chi connectivity index (χ2n) is 5.97. The van der Waals surface area contributed by atoms with E-state index in [1.807, 2.05) is 30.9 Å². The van der Waals surface area contributed by atoms with Gasteiger partial charge in [-0.3, -0.25) is 4.99 Å². The molecule has 142 valence electrons. The Morgan fingerprint density at radius 2 is 1.92 bits per heavy atom. The lowest BCUT2D eigenvalue weighted by molar-refractivity contribution is 0.0513. The fourth-order valence-electron chi connectivity index (χ4n) is 3.02. The maximum absolute atomic E-state index is 5.60. The van der Waals surface area contributed by atoms with Crippen LogP contribution in [0.15, 0.2) is 29.3 Å². The van der Waals surface area contributed by atoms with Gasteiger partial charge in [0, 0.05) is 44.5 Å². The molecule has 0 spiro atoms. The molecule has 1 saturated heterocycles. The third kappa shape index (κ3) is 6.53. The number of aliphatic imine (C=N–C) groups is 1. The number of hydrogen-bond donors (Lipinski definition) is 2. The van der Waals surface area contributed by atoms with Gasteiger partial charge in [-0.1, -0.05) is 12.1 Å². The minimum Gasteiger partial charge on any atom is -0.497 e. The van der Waals surface area contributed by atoms with Crippen molar-refractivity contribution in [3.05, 3.63) is 29.8 Å². The molecule has 25 heavy (non-hydrogen) atoms. The van der Waals surface area contributed by atoms with Crippen LogP contribution in [-0.4, -0.2) is 58.4 Å². The molecule has 0 aromatic heterocycles. The average molecular weight is 479 g/mol. The fraction of sp³-hybridized carbons (Fsp3) is 0.611. The van der Waals surface area contributed by atoms with E-state index in [-0.39, 0.29) is 29.4 Å². The standard InChI is InChI=1S/C18H29N3O2S.HI/c1-19-17(20-10-13-24-3)21-14-18(8-11-23-12-9-18)15-4-6-16(22-2)7-5-15;/h4-7H,8-14H2,1-3H3,(H2,19,20,21);1H. The van der Waals surface area contributed by atoms with E-state index in [0.29, 0.717) is 0 Å². The molecule has 2 rings (SSSR count). The zero-order valence-electron chi connectivity index (χ0n) is 15.3. The van der Waals surface area contributed by atoms with Gasteiger partial charge in [-0.2, -0.15) is 11.8 Å². The summed E-state index contributed by atoms with van der Waals surface area (Å²) in [6.07, 6.45) is 4.13. The van der Waals surface area contributed by atoms with Crippen molar-refractivity contribution in [2.75, 3.05) is 52.5 Å². The molecule has 1 heterocycles. The van der Waals surface area contributed by atoms with Crippen molar-refractivity contribution in [2.24, 2.45) is 4.99 Å². The Labute approximate surface area is 172 Å². The molecule has 0 saturated carbocycles. The van der Waals surface area contributed by atoms with Crippen LogP contribution < -0.4 is 15.4 Å². The Morgan fingerprint density at radius 1 is 1.24 bits per heavy atom. The Hall–Kier alpha value is -0.670. The molecule has 2 N–H and O–H groups in total. The molecule has 0 atom stereocenters. The minimum atomic E-state index is 0. The summed E-state index contributed by atoms with van der Waals surface area (Å²) in [4.78, 5) is 4.33. The van der Waals surface area contributed by atoms with Crippen LogP contribution in [0.2, 0.25) is 0 Å². The van der Waals surface area contributed by atoms with E-state index < -0.39 is 0 Å². The van der Waals surface area contributed by atoms with Gasteiger partial charge in [-0.05, 0) is 36.8 Å². The quantitative estimate of drug-likeness (QED) is 0.273. The lowest BCUT2D eigenvalue weighted by Gasteiger charge is -2.38. The number of nitrogens with zero attached hydrogens (tertiary/aromatic N) is 1. The van der Waals surface area contributed by atoms with E-state index in [0.717, 1.165) is 56.6 Å². The summed E-state index contributed by atoms with van der Waals surface area (Å²) in [5.41, 5.74) is 1.40. The highest BCUT2D eigenvalue weighted by Gasteiger charge is 2.34. The number of thioether (sulfide) groups is 1. The second kappa shape index (κ2) is 11.9. The Bertz CT molecular complexity index is 520. The molecule has 1 aromatic rings. The van der Waals surface area contributed by atoms with Crippen LogP contribution in [0.1, 0.15) is 18.4 Å². The van der Waals surface area contributed by atoms with Crippen LogP contribution in [-0.2, 0) is 10.2 Å². The van der Waals surface area contributed by atoms with Crippen molar-refractivity contribution in [3.8, 4) is 5.75 Å². The van der Waals surface area contributed by atoms with Crippen molar-refractivity contribution >= 4 is 41.7 Å². The summed E-state index contributed by atoms with van der Waals surface area (Å²) in [6.45, 7) is 3.36. The smallest absolute Gasteiger partial charge is 0.191 e. The summed E-state index contributed by atoms with van der Waals surface area (Å²) in [7, 11) is 3.52. The number of rotatable bonds is 7. The highest BCUT2D eigenvalue weighted by Crippen LogP contribution is 2.35. The first-order chi connectivity index (χ1) is 11.7. The number of halogens is 1. The molecule has 1 aliphatic rings. The number of hydrogen-bond acceptors (Lipinski definition) is 4. The minimum absolute atomic E-state index is 0. The van der Waals surface area contributed by atoms with Crippen molar-refractivity contribution in [1.29, 1.82) is 0 Å². The van der Waals surface area contributed by atoms with Gasteiger partial charge in [0.15, 0.2) is 5.96 Å². The molecular formula is C18H30IN3O2S. The Morgan fingerprint density at radius 3 is 2.48 bits per heavy atom. The van der Waals surface area contributed by atoms with Crippen LogP contribution in [0.25, 0.3) is 0 Å². The lowest BCUT2D eigenvalue weighted by atomic mass is 9.74. The molecular weight excluding hydrogens is 449 g/mol. The van der Waals surface area contributed by atoms with Crippen LogP contribution in [0, 0.1) is 0 Å². The molecule has 1 fully saturated rings. The predicted molar refractivity (Wildman–Crippen MR) is 118 cm³/mol. The summed E-state index contributed by atoms with van der Waals surface area (Å²) >= 11 is 1.83. The van der Waals surface area contributed by atoms with Crippen molar-refractivity contribution in [3.63, 3.8) is 0 Å². The lowest BCUT2D eigenvalue weighted by Crippen LogP contribution is -2.48. The second-order valence-corrected chi connectivity index (χ2v) is 6.95. The molecule has 5 nitrogen and oxygen atoms in total. The van der Waals surface area contributed by atoms with Gasteiger partial charge < -0.3 is 20.1 Å². The highest BCUT2D eigenvalue weighted by molar-refractivity contribution is 14.0. The third-order valence-corrected chi connectivity index (χ3v) is 5.18. The number of ether oxygens (including phenoxy) is 2. The molecule has 0 radical (unpaired) electrons. The summed E-state index contributed by atoms with van der Waals surface area (Å²) < 4.78 is 10.9. The fourth-order valence-corrected chi connectivity index (χ4v) is 3.33. The first kappa shape index (κ1) is 22.4. The molecule has 0 unspecified atom stereocenters. The SMILES string of the molecule is CN=C(NCCSC)NCC1(c2ccc(OC)cc2)CCOCC1.I. The van der Waals surface area contributed by atoms with Crippen molar-refractivity contribution in [1.82, 2.24) is 10.6 Å². The molecule has 0 amide bonds. The maximum atomic E-state index is 5.60. The maximum Gasteiger partial charge on any atom is 0.191 e. The van der Waals surface area contributed by atoms with Gasteiger partial charge in [0.05, 0.1) is 7.11 Å². The first-order valence-electron chi connectivity index (χ1n) is 8.40. The first-order valence-corrected chi connectivity index (χ1v) is 9.79. The topological polar surface area (TPSA) is 54.9 Å². The zero-order chi connectivity index (χ0) is 17.3. The number of guanidine groups is 1. The van der Waals surface area contributed by atoms with E-state index in [9.17, 15) is 0 Å². The largest absolute Gasteiger partial charge is 0.497 e. The van der Waals surface area contributed by atoms with E-state index in [4.69, 9.17) is 9.47 Å². The summed E-state index contributed by atoms with van der Waals surface area (Å²) in [5, 5.41) is 6.87.